The van der Waals surface area contributed by atoms with Crippen LogP contribution in [-0.2, 0) is 9.47 Å². The fourth-order valence-electron chi connectivity index (χ4n) is 4.77. The van der Waals surface area contributed by atoms with Gasteiger partial charge in [-0.15, -0.1) is 0 Å². The minimum Gasteiger partial charge on any atom is -0.445 e. The third kappa shape index (κ3) is 6.14. The summed E-state index contributed by atoms with van der Waals surface area (Å²) < 4.78 is 11.6. The van der Waals surface area contributed by atoms with Crippen molar-refractivity contribution in [3.63, 3.8) is 0 Å². The van der Waals surface area contributed by atoms with Crippen molar-refractivity contribution in [2.75, 3.05) is 6.61 Å². The fourth-order valence-corrected chi connectivity index (χ4v) is 4.77. The van der Waals surface area contributed by atoms with Gasteiger partial charge in [0.25, 0.3) is 0 Å². The van der Waals surface area contributed by atoms with Gasteiger partial charge in [-0.3, -0.25) is 4.90 Å². The van der Waals surface area contributed by atoms with E-state index in [4.69, 9.17) is 9.47 Å². The van der Waals surface area contributed by atoms with E-state index in [1.54, 1.807) is 4.90 Å². The molecule has 0 N–H and O–H groups in total. The second kappa shape index (κ2) is 9.92. The van der Waals surface area contributed by atoms with E-state index in [1.807, 2.05) is 62.9 Å². The SMILES string of the molecule is CC(C)N(C(=O)OC[C@H](OC(=O)N1C(C)(C)CCCC1(C)C)c1ccccc1)C(C)C. The highest BCUT2D eigenvalue weighted by molar-refractivity contribution is 5.71. The summed E-state index contributed by atoms with van der Waals surface area (Å²) in [6, 6.07) is 9.50. The van der Waals surface area contributed by atoms with E-state index in [-0.39, 0.29) is 35.9 Å². The van der Waals surface area contributed by atoms with Gasteiger partial charge in [0.05, 0.1) is 0 Å². The highest BCUT2D eigenvalue weighted by Crippen LogP contribution is 2.39. The lowest BCUT2D eigenvalue weighted by atomic mass is 9.80. The van der Waals surface area contributed by atoms with Crippen LogP contribution in [0.15, 0.2) is 30.3 Å². The number of hydrogen-bond acceptors (Lipinski definition) is 4. The molecule has 0 spiro atoms. The highest BCUT2D eigenvalue weighted by Gasteiger charge is 2.45. The van der Waals surface area contributed by atoms with Gasteiger partial charge in [0.15, 0.2) is 6.10 Å². The van der Waals surface area contributed by atoms with Crippen LogP contribution in [-0.4, -0.2) is 51.8 Å². The normalized spacial score (nSPS) is 18.6. The first kappa shape index (κ1) is 25.0. The predicted molar refractivity (Wildman–Crippen MR) is 123 cm³/mol. The highest BCUT2D eigenvalue weighted by atomic mass is 16.6. The lowest BCUT2D eigenvalue weighted by molar-refractivity contribution is -0.0483. The largest absolute Gasteiger partial charge is 0.445 e. The Morgan fingerprint density at radius 3 is 1.97 bits per heavy atom. The summed E-state index contributed by atoms with van der Waals surface area (Å²) in [5.74, 6) is 0. The summed E-state index contributed by atoms with van der Waals surface area (Å²) in [5.41, 5.74) is 0.197. The van der Waals surface area contributed by atoms with E-state index in [9.17, 15) is 9.59 Å². The molecule has 2 rings (SSSR count). The molecule has 6 nitrogen and oxygen atoms in total. The number of carbonyl (C=O) groups excluding carboxylic acids is 2. The van der Waals surface area contributed by atoms with Gasteiger partial charge < -0.3 is 14.4 Å². The Balaban J connectivity index is 2.21. The van der Waals surface area contributed by atoms with Crippen LogP contribution in [0.2, 0.25) is 0 Å². The van der Waals surface area contributed by atoms with Crippen molar-refractivity contribution in [2.24, 2.45) is 0 Å². The number of rotatable bonds is 6. The van der Waals surface area contributed by atoms with Crippen LogP contribution >= 0.6 is 0 Å². The maximum atomic E-state index is 13.4. The third-order valence-corrected chi connectivity index (χ3v) is 6.07. The van der Waals surface area contributed by atoms with Crippen molar-refractivity contribution in [1.82, 2.24) is 9.80 Å². The van der Waals surface area contributed by atoms with E-state index in [0.717, 1.165) is 24.8 Å². The zero-order chi connectivity index (χ0) is 23.4. The first-order valence-corrected chi connectivity index (χ1v) is 11.4. The molecule has 6 heteroatoms. The van der Waals surface area contributed by atoms with Crippen LogP contribution in [0.4, 0.5) is 9.59 Å². The molecule has 0 saturated carbocycles. The maximum Gasteiger partial charge on any atom is 0.411 e. The Morgan fingerprint density at radius 1 is 0.968 bits per heavy atom. The van der Waals surface area contributed by atoms with Crippen LogP contribution < -0.4 is 0 Å². The fraction of sp³-hybridized carbons (Fsp3) is 0.680. The number of amides is 2. The third-order valence-electron chi connectivity index (χ3n) is 6.07. The van der Waals surface area contributed by atoms with E-state index in [2.05, 4.69) is 27.7 Å². The van der Waals surface area contributed by atoms with Crippen LogP contribution in [0.5, 0.6) is 0 Å². The van der Waals surface area contributed by atoms with Crippen LogP contribution in [0.1, 0.15) is 86.3 Å². The molecule has 1 fully saturated rings. The number of nitrogens with zero attached hydrogens (tertiary/aromatic N) is 2. The Bertz CT molecular complexity index is 719. The maximum absolute atomic E-state index is 13.4. The molecule has 0 unspecified atom stereocenters. The molecule has 1 heterocycles. The standard InChI is InChI=1S/C25H40N2O4/c1-18(2)26(19(3)4)22(28)30-17-21(20-13-10-9-11-14-20)31-23(29)27-24(5,6)15-12-16-25(27,7)8/h9-11,13-14,18-19,21H,12,15-17H2,1-8H3/t21-/m0/s1. The van der Waals surface area contributed by atoms with Gasteiger partial charge in [0.2, 0.25) is 0 Å². The molecule has 1 aliphatic heterocycles. The molecular weight excluding hydrogens is 392 g/mol. The number of piperidine rings is 1. The Labute approximate surface area is 187 Å². The summed E-state index contributed by atoms with van der Waals surface area (Å²) in [5, 5.41) is 0. The second-order valence-corrected chi connectivity index (χ2v) is 10.3. The molecule has 0 radical (unpaired) electrons. The summed E-state index contributed by atoms with van der Waals surface area (Å²) >= 11 is 0. The van der Waals surface area contributed by atoms with Crippen molar-refractivity contribution in [3.8, 4) is 0 Å². The van der Waals surface area contributed by atoms with E-state index < -0.39 is 12.2 Å². The Kier molecular flexibility index (Phi) is 8.01. The average molecular weight is 433 g/mol. The monoisotopic (exact) mass is 432 g/mol. The van der Waals surface area contributed by atoms with Crippen molar-refractivity contribution < 1.29 is 19.1 Å². The van der Waals surface area contributed by atoms with Gasteiger partial charge in [-0.1, -0.05) is 30.3 Å². The van der Waals surface area contributed by atoms with Crippen LogP contribution in [0.25, 0.3) is 0 Å². The first-order valence-electron chi connectivity index (χ1n) is 11.4. The molecular formula is C25H40N2O4. The Hall–Kier alpha value is -2.24. The number of ether oxygens (including phenoxy) is 2. The summed E-state index contributed by atoms with van der Waals surface area (Å²) in [6.07, 6.45) is 1.48. The van der Waals surface area contributed by atoms with Crippen molar-refractivity contribution in [2.45, 2.75) is 104 Å². The molecule has 31 heavy (non-hydrogen) atoms. The molecule has 0 aliphatic carbocycles. The first-order chi connectivity index (χ1) is 14.4. The van der Waals surface area contributed by atoms with Gasteiger partial charge in [-0.2, -0.15) is 0 Å². The van der Waals surface area contributed by atoms with Gasteiger partial charge >= 0.3 is 12.2 Å². The second-order valence-electron chi connectivity index (χ2n) is 10.3. The molecule has 0 bridgehead atoms. The van der Waals surface area contributed by atoms with Gasteiger partial charge in [-0.05, 0) is 80.2 Å². The van der Waals surface area contributed by atoms with Crippen molar-refractivity contribution in [1.29, 1.82) is 0 Å². The molecule has 1 aromatic carbocycles. The van der Waals surface area contributed by atoms with Crippen molar-refractivity contribution in [3.05, 3.63) is 35.9 Å². The van der Waals surface area contributed by atoms with Crippen molar-refractivity contribution >= 4 is 12.2 Å². The van der Waals surface area contributed by atoms with Gasteiger partial charge in [-0.25, -0.2) is 9.59 Å². The number of likely N-dealkylation sites (tertiary alicyclic amines) is 1. The lowest BCUT2D eigenvalue weighted by Crippen LogP contribution is -2.61. The number of hydrogen-bond donors (Lipinski definition) is 0. The molecule has 2 amide bonds. The molecule has 1 aromatic rings. The summed E-state index contributed by atoms with van der Waals surface area (Å²) in [7, 11) is 0. The van der Waals surface area contributed by atoms with E-state index >= 15 is 0 Å². The Morgan fingerprint density at radius 2 is 1.48 bits per heavy atom. The number of benzene rings is 1. The number of carbonyl (C=O) groups is 2. The minimum atomic E-state index is -0.674. The van der Waals surface area contributed by atoms with E-state index in [0.29, 0.717) is 0 Å². The summed E-state index contributed by atoms with van der Waals surface area (Å²) in [6.45, 7) is 16.1. The minimum absolute atomic E-state index is 0.0140. The topological polar surface area (TPSA) is 59.1 Å². The van der Waals surface area contributed by atoms with Crippen LogP contribution in [0.3, 0.4) is 0 Å². The summed E-state index contributed by atoms with van der Waals surface area (Å²) in [4.78, 5) is 29.6. The van der Waals surface area contributed by atoms with Crippen LogP contribution in [0, 0.1) is 0 Å². The molecule has 1 atom stereocenters. The average Bonchev–Trinajstić information content (AvgIpc) is 2.63. The molecule has 1 aliphatic rings. The quantitative estimate of drug-likeness (QED) is 0.540. The lowest BCUT2D eigenvalue weighted by Gasteiger charge is -2.52. The molecule has 1 saturated heterocycles. The smallest absolute Gasteiger partial charge is 0.411 e. The zero-order valence-corrected chi connectivity index (χ0v) is 20.5. The van der Waals surface area contributed by atoms with E-state index in [1.165, 1.54) is 0 Å². The van der Waals surface area contributed by atoms with Gasteiger partial charge in [0.1, 0.15) is 6.61 Å². The van der Waals surface area contributed by atoms with Gasteiger partial charge in [0, 0.05) is 23.2 Å². The molecule has 0 aromatic heterocycles. The predicted octanol–water partition coefficient (Wildman–Crippen LogP) is 6.16. The zero-order valence-electron chi connectivity index (χ0n) is 20.5. The molecule has 174 valence electrons.